The maximum atomic E-state index is 13.6. The van der Waals surface area contributed by atoms with Crippen LogP contribution in [0.5, 0.6) is 5.75 Å². The smallest absolute Gasteiger partial charge is 0.298 e. The van der Waals surface area contributed by atoms with Crippen LogP contribution in [0.3, 0.4) is 0 Å². The summed E-state index contributed by atoms with van der Waals surface area (Å²) < 4.78 is 39.7. The fourth-order valence-electron chi connectivity index (χ4n) is 1.77. The van der Waals surface area contributed by atoms with E-state index in [1.165, 1.54) is 12.1 Å². The number of nitrogens with zero attached hydrogens (tertiary/aromatic N) is 1. The first-order chi connectivity index (χ1) is 9.90. The molecule has 5 nitrogen and oxygen atoms in total. The third kappa shape index (κ3) is 3.04. The number of hydrogen-bond acceptors (Lipinski definition) is 4. The molecule has 8 heteroatoms. The lowest BCUT2D eigenvalue weighted by molar-refractivity contribution is -0.384. The molecule has 2 aromatic carbocycles. The van der Waals surface area contributed by atoms with Crippen molar-refractivity contribution in [1.82, 2.24) is 0 Å². The standard InChI is InChI=1S/C13H9F3N2O3/c14-8-4-10(16)12(11(5-8)18(20)21)17-6-7-2-1-3-9(15)13(7)19/h1-5,17,19H,6H2. The summed E-state index contributed by atoms with van der Waals surface area (Å²) in [5.74, 6) is -3.76. The Hall–Kier alpha value is -2.77. The van der Waals surface area contributed by atoms with Gasteiger partial charge in [0.25, 0.3) is 5.69 Å². The molecular weight excluding hydrogens is 289 g/mol. The molecule has 2 rings (SSSR count). The van der Waals surface area contributed by atoms with E-state index in [-0.39, 0.29) is 12.1 Å². The third-order valence-corrected chi connectivity index (χ3v) is 2.76. The van der Waals surface area contributed by atoms with E-state index in [1.54, 1.807) is 0 Å². The molecule has 0 amide bonds. The fraction of sp³-hybridized carbons (Fsp3) is 0.0769. The lowest BCUT2D eigenvalue weighted by Crippen LogP contribution is -2.06. The van der Waals surface area contributed by atoms with Crippen molar-refractivity contribution >= 4 is 11.4 Å². The van der Waals surface area contributed by atoms with Crippen LogP contribution in [0.1, 0.15) is 5.56 Å². The van der Waals surface area contributed by atoms with Crippen molar-refractivity contribution in [2.45, 2.75) is 6.54 Å². The van der Waals surface area contributed by atoms with Crippen LogP contribution in [0.25, 0.3) is 0 Å². The quantitative estimate of drug-likeness (QED) is 0.670. The van der Waals surface area contributed by atoms with Gasteiger partial charge in [0.05, 0.1) is 11.0 Å². The van der Waals surface area contributed by atoms with Gasteiger partial charge >= 0.3 is 0 Å². The monoisotopic (exact) mass is 298 g/mol. The number of nitro benzene ring substituents is 1. The predicted molar refractivity (Wildman–Crippen MR) is 68.4 cm³/mol. The van der Waals surface area contributed by atoms with Crippen LogP contribution in [0.4, 0.5) is 24.5 Å². The van der Waals surface area contributed by atoms with E-state index in [0.29, 0.717) is 12.1 Å². The molecule has 2 N–H and O–H groups in total. The summed E-state index contributed by atoms with van der Waals surface area (Å²) in [7, 11) is 0. The van der Waals surface area contributed by atoms with Crippen molar-refractivity contribution in [3.8, 4) is 5.75 Å². The average Bonchev–Trinajstić information content (AvgIpc) is 2.41. The second kappa shape index (κ2) is 5.70. The fourth-order valence-corrected chi connectivity index (χ4v) is 1.77. The lowest BCUT2D eigenvalue weighted by Gasteiger charge is -2.10. The molecule has 0 aliphatic heterocycles. The zero-order valence-corrected chi connectivity index (χ0v) is 10.4. The summed E-state index contributed by atoms with van der Waals surface area (Å²) in [5.41, 5.74) is -1.25. The topological polar surface area (TPSA) is 75.4 Å². The number of anilines is 1. The number of aromatic hydroxyl groups is 1. The summed E-state index contributed by atoms with van der Waals surface area (Å²) in [5, 5.41) is 22.6. The molecular formula is C13H9F3N2O3. The predicted octanol–water partition coefficient (Wildman–Crippen LogP) is 3.33. The van der Waals surface area contributed by atoms with Crippen molar-refractivity contribution in [2.24, 2.45) is 0 Å². The van der Waals surface area contributed by atoms with Crippen molar-refractivity contribution in [3.63, 3.8) is 0 Å². The number of phenols is 1. The molecule has 0 spiro atoms. The molecule has 2 aromatic rings. The highest BCUT2D eigenvalue weighted by Crippen LogP contribution is 2.30. The number of benzene rings is 2. The minimum Gasteiger partial charge on any atom is -0.505 e. The highest BCUT2D eigenvalue weighted by Gasteiger charge is 2.20. The van der Waals surface area contributed by atoms with Crippen molar-refractivity contribution in [3.05, 3.63) is 63.5 Å². The third-order valence-electron chi connectivity index (χ3n) is 2.76. The number of nitrogens with one attached hydrogen (secondary N) is 1. The minimum absolute atomic E-state index is 0.0769. The Morgan fingerprint density at radius 2 is 1.90 bits per heavy atom. The van der Waals surface area contributed by atoms with Gasteiger partial charge in [0, 0.05) is 18.2 Å². The molecule has 0 saturated carbocycles. The number of phenolic OH excluding ortho intramolecular Hbond substituents is 1. The van der Waals surface area contributed by atoms with Crippen molar-refractivity contribution in [1.29, 1.82) is 0 Å². The molecule has 0 unspecified atom stereocenters. The van der Waals surface area contributed by atoms with Crippen LogP contribution in [-0.2, 0) is 6.54 Å². The van der Waals surface area contributed by atoms with Gasteiger partial charge in [-0.2, -0.15) is 0 Å². The number of rotatable bonds is 4. The largest absolute Gasteiger partial charge is 0.505 e. The molecule has 0 fully saturated rings. The summed E-state index contributed by atoms with van der Waals surface area (Å²) >= 11 is 0. The van der Waals surface area contributed by atoms with Gasteiger partial charge in [-0.05, 0) is 6.07 Å². The number of hydrogen-bond donors (Lipinski definition) is 2. The summed E-state index contributed by atoms with van der Waals surface area (Å²) in [6.07, 6.45) is 0. The SMILES string of the molecule is O=[N+]([O-])c1cc(F)cc(F)c1NCc1cccc(F)c1O. The highest BCUT2D eigenvalue weighted by atomic mass is 19.1. The second-order valence-electron chi connectivity index (χ2n) is 4.14. The van der Waals surface area contributed by atoms with Crippen molar-refractivity contribution in [2.75, 3.05) is 5.32 Å². The van der Waals surface area contributed by atoms with Crippen LogP contribution in [0.15, 0.2) is 30.3 Å². The molecule has 0 aliphatic carbocycles. The van der Waals surface area contributed by atoms with E-state index < -0.39 is 39.5 Å². The van der Waals surface area contributed by atoms with E-state index in [4.69, 9.17) is 0 Å². The van der Waals surface area contributed by atoms with Crippen LogP contribution in [-0.4, -0.2) is 10.0 Å². The Morgan fingerprint density at radius 1 is 1.19 bits per heavy atom. The Bertz CT molecular complexity index is 707. The van der Waals surface area contributed by atoms with E-state index >= 15 is 0 Å². The van der Waals surface area contributed by atoms with Gasteiger partial charge in [-0.1, -0.05) is 12.1 Å². The Morgan fingerprint density at radius 3 is 2.57 bits per heavy atom. The summed E-state index contributed by atoms with van der Waals surface area (Å²) in [4.78, 5) is 9.84. The van der Waals surface area contributed by atoms with Crippen LogP contribution < -0.4 is 5.32 Å². The van der Waals surface area contributed by atoms with Gasteiger partial charge in [-0.3, -0.25) is 10.1 Å². The van der Waals surface area contributed by atoms with Crippen LogP contribution >= 0.6 is 0 Å². The van der Waals surface area contributed by atoms with E-state index in [9.17, 15) is 28.4 Å². The molecule has 0 saturated heterocycles. The highest BCUT2D eigenvalue weighted by molar-refractivity contribution is 5.62. The van der Waals surface area contributed by atoms with Crippen LogP contribution in [0.2, 0.25) is 0 Å². The van der Waals surface area contributed by atoms with Gasteiger partial charge < -0.3 is 10.4 Å². The molecule has 110 valence electrons. The zero-order chi connectivity index (χ0) is 15.6. The number of halogens is 3. The van der Waals surface area contributed by atoms with E-state index in [0.717, 1.165) is 6.07 Å². The van der Waals surface area contributed by atoms with E-state index in [2.05, 4.69) is 5.32 Å². The van der Waals surface area contributed by atoms with Crippen LogP contribution in [0, 0.1) is 27.6 Å². The lowest BCUT2D eigenvalue weighted by atomic mass is 10.1. The Labute approximate surface area is 116 Å². The van der Waals surface area contributed by atoms with Gasteiger partial charge in [0.2, 0.25) is 0 Å². The Kier molecular flexibility index (Phi) is 3.97. The first-order valence-electron chi connectivity index (χ1n) is 5.74. The number of para-hydroxylation sites is 1. The van der Waals surface area contributed by atoms with Gasteiger partial charge in [-0.25, -0.2) is 13.2 Å². The molecule has 0 heterocycles. The maximum absolute atomic E-state index is 13.6. The van der Waals surface area contributed by atoms with E-state index in [1.807, 2.05) is 0 Å². The first-order valence-corrected chi connectivity index (χ1v) is 5.74. The molecule has 0 atom stereocenters. The molecule has 0 aliphatic rings. The maximum Gasteiger partial charge on any atom is 0.298 e. The molecule has 0 bridgehead atoms. The molecule has 0 radical (unpaired) electrons. The average molecular weight is 298 g/mol. The molecule has 21 heavy (non-hydrogen) atoms. The molecule has 0 aromatic heterocycles. The summed E-state index contributed by atoms with van der Waals surface area (Å²) in [6, 6.07) is 4.76. The second-order valence-corrected chi connectivity index (χ2v) is 4.14. The summed E-state index contributed by atoms with van der Waals surface area (Å²) in [6.45, 7) is -0.271. The van der Waals surface area contributed by atoms with Crippen molar-refractivity contribution < 1.29 is 23.2 Å². The first kappa shape index (κ1) is 14.6. The zero-order valence-electron chi connectivity index (χ0n) is 10.4. The van der Waals surface area contributed by atoms with Gasteiger partial charge in [0.15, 0.2) is 17.4 Å². The Balaban J connectivity index is 2.32. The van der Waals surface area contributed by atoms with Gasteiger partial charge in [-0.15, -0.1) is 0 Å². The normalized spacial score (nSPS) is 10.4. The number of nitro groups is 1. The minimum atomic E-state index is -1.16. The van der Waals surface area contributed by atoms with Gasteiger partial charge in [0.1, 0.15) is 11.5 Å².